The maximum absolute atomic E-state index is 2.46. The highest BCUT2D eigenvalue weighted by molar-refractivity contribution is 5.02. The van der Waals surface area contributed by atoms with Gasteiger partial charge in [-0.05, 0) is 38.3 Å². The van der Waals surface area contributed by atoms with E-state index in [2.05, 4.69) is 44.9 Å². The molecule has 0 spiro atoms. The van der Waals surface area contributed by atoms with E-state index in [1.165, 1.54) is 32.2 Å². The number of likely N-dealkylation sites (tertiary alicyclic amines) is 1. The average Bonchev–Trinajstić information content (AvgIpc) is 2.48. The fourth-order valence-corrected chi connectivity index (χ4v) is 2.28. The van der Waals surface area contributed by atoms with Gasteiger partial charge in [-0.25, -0.2) is 0 Å². The van der Waals surface area contributed by atoms with Gasteiger partial charge in [-0.1, -0.05) is 39.3 Å². The highest BCUT2D eigenvalue weighted by Gasteiger charge is 2.19. The van der Waals surface area contributed by atoms with Crippen LogP contribution in [-0.2, 0) is 0 Å². The maximum atomic E-state index is 2.46. The summed E-state index contributed by atoms with van der Waals surface area (Å²) in [5.41, 5.74) is 0.387. The molecule has 0 radical (unpaired) electrons. The number of likely N-dealkylation sites (N-methyl/N-ethyl adjacent to an activating group) is 1. The summed E-state index contributed by atoms with van der Waals surface area (Å²) in [6.45, 7) is 8.20. The monoisotopic (exact) mass is 195 g/mol. The van der Waals surface area contributed by atoms with Crippen molar-refractivity contribution in [1.82, 2.24) is 4.90 Å². The molecule has 1 unspecified atom stereocenters. The summed E-state index contributed by atoms with van der Waals surface area (Å²) < 4.78 is 0. The lowest BCUT2D eigenvalue weighted by molar-refractivity contribution is 0.351. The van der Waals surface area contributed by atoms with Gasteiger partial charge in [-0.3, -0.25) is 4.90 Å². The quantitative estimate of drug-likeness (QED) is 0.621. The molecular weight excluding hydrogens is 170 g/mol. The van der Waals surface area contributed by atoms with E-state index >= 15 is 0 Å². The topological polar surface area (TPSA) is 3.24 Å². The first-order valence-corrected chi connectivity index (χ1v) is 5.95. The minimum Gasteiger partial charge on any atom is -0.300 e. The van der Waals surface area contributed by atoms with Crippen molar-refractivity contribution < 1.29 is 0 Å². The molecule has 0 aromatic carbocycles. The Hall–Kier alpha value is -0.300. The Kier molecular flexibility index (Phi) is 4.18. The normalized spacial score (nSPS) is 25.0. The molecule has 82 valence electrons. The molecule has 0 amide bonds. The van der Waals surface area contributed by atoms with Crippen molar-refractivity contribution in [2.75, 3.05) is 13.6 Å². The van der Waals surface area contributed by atoms with Crippen LogP contribution >= 0.6 is 0 Å². The summed E-state index contributed by atoms with van der Waals surface area (Å²) in [7, 11) is 2.23. The minimum atomic E-state index is 0.387. The van der Waals surface area contributed by atoms with Gasteiger partial charge in [0.05, 0.1) is 0 Å². The van der Waals surface area contributed by atoms with Crippen LogP contribution in [0.2, 0.25) is 0 Å². The lowest BCUT2D eigenvalue weighted by atomic mass is 9.87. The van der Waals surface area contributed by atoms with E-state index in [-0.39, 0.29) is 0 Å². The standard InChI is InChI=1S/C13H25N/c1-5-9-13(2,3)10-8-12-7-6-11-14(12)4/h8,10,12H,5-7,9,11H2,1-4H3/b10-8+. The van der Waals surface area contributed by atoms with Gasteiger partial charge in [0.1, 0.15) is 0 Å². The van der Waals surface area contributed by atoms with Crippen LogP contribution in [0.4, 0.5) is 0 Å². The lowest BCUT2D eigenvalue weighted by Crippen LogP contribution is -2.23. The molecule has 1 nitrogen and oxygen atoms in total. The van der Waals surface area contributed by atoms with Crippen molar-refractivity contribution in [3.05, 3.63) is 12.2 Å². The van der Waals surface area contributed by atoms with E-state index in [9.17, 15) is 0 Å². The third-order valence-corrected chi connectivity index (χ3v) is 3.24. The third kappa shape index (κ3) is 3.45. The average molecular weight is 195 g/mol. The van der Waals surface area contributed by atoms with Crippen LogP contribution in [0.1, 0.15) is 46.5 Å². The molecule has 1 heteroatoms. The summed E-state index contributed by atoms with van der Waals surface area (Å²) in [4.78, 5) is 2.46. The van der Waals surface area contributed by atoms with Crippen LogP contribution in [-0.4, -0.2) is 24.5 Å². The van der Waals surface area contributed by atoms with Crippen molar-refractivity contribution in [2.24, 2.45) is 5.41 Å². The molecule has 0 bridgehead atoms. The second-order valence-corrected chi connectivity index (χ2v) is 5.29. The Morgan fingerprint density at radius 3 is 2.64 bits per heavy atom. The number of nitrogens with zero attached hydrogens (tertiary/aromatic N) is 1. The largest absolute Gasteiger partial charge is 0.300 e. The molecule has 1 heterocycles. The summed E-state index contributed by atoms with van der Waals surface area (Å²) >= 11 is 0. The maximum Gasteiger partial charge on any atom is 0.0275 e. The molecule has 1 atom stereocenters. The third-order valence-electron chi connectivity index (χ3n) is 3.24. The van der Waals surface area contributed by atoms with E-state index in [0.717, 1.165) is 0 Å². The summed E-state index contributed by atoms with van der Waals surface area (Å²) in [6.07, 6.45) is 10.1. The van der Waals surface area contributed by atoms with E-state index in [1.54, 1.807) is 0 Å². The highest BCUT2D eigenvalue weighted by Crippen LogP contribution is 2.25. The van der Waals surface area contributed by atoms with Crippen LogP contribution in [0, 0.1) is 5.41 Å². The Morgan fingerprint density at radius 1 is 1.43 bits per heavy atom. The van der Waals surface area contributed by atoms with Crippen molar-refractivity contribution in [3.8, 4) is 0 Å². The van der Waals surface area contributed by atoms with Gasteiger partial charge in [0.25, 0.3) is 0 Å². The summed E-state index contributed by atoms with van der Waals surface area (Å²) in [5, 5.41) is 0. The van der Waals surface area contributed by atoms with E-state index in [0.29, 0.717) is 11.5 Å². The van der Waals surface area contributed by atoms with Crippen LogP contribution in [0.15, 0.2) is 12.2 Å². The first-order chi connectivity index (χ1) is 6.55. The van der Waals surface area contributed by atoms with Gasteiger partial charge in [0.2, 0.25) is 0 Å². The van der Waals surface area contributed by atoms with Gasteiger partial charge < -0.3 is 0 Å². The second-order valence-electron chi connectivity index (χ2n) is 5.29. The van der Waals surface area contributed by atoms with Crippen molar-refractivity contribution in [2.45, 2.75) is 52.5 Å². The number of rotatable bonds is 4. The first kappa shape index (κ1) is 11.8. The van der Waals surface area contributed by atoms with E-state index < -0.39 is 0 Å². The molecule has 14 heavy (non-hydrogen) atoms. The zero-order valence-corrected chi connectivity index (χ0v) is 10.2. The van der Waals surface area contributed by atoms with Crippen LogP contribution in [0.5, 0.6) is 0 Å². The van der Waals surface area contributed by atoms with Crippen LogP contribution in [0.3, 0.4) is 0 Å². The first-order valence-electron chi connectivity index (χ1n) is 5.95. The van der Waals surface area contributed by atoms with Gasteiger partial charge in [-0.2, -0.15) is 0 Å². The van der Waals surface area contributed by atoms with Gasteiger partial charge in [-0.15, -0.1) is 0 Å². The molecule has 1 fully saturated rings. The van der Waals surface area contributed by atoms with E-state index in [4.69, 9.17) is 0 Å². The fourth-order valence-electron chi connectivity index (χ4n) is 2.28. The highest BCUT2D eigenvalue weighted by atomic mass is 15.1. The van der Waals surface area contributed by atoms with Crippen molar-refractivity contribution in [3.63, 3.8) is 0 Å². The zero-order valence-electron chi connectivity index (χ0n) is 10.2. The van der Waals surface area contributed by atoms with Crippen LogP contribution in [0.25, 0.3) is 0 Å². The summed E-state index contributed by atoms with van der Waals surface area (Å²) in [5.74, 6) is 0. The number of hydrogen-bond acceptors (Lipinski definition) is 1. The predicted octanol–water partition coefficient (Wildman–Crippen LogP) is 3.46. The minimum absolute atomic E-state index is 0.387. The smallest absolute Gasteiger partial charge is 0.0275 e. The van der Waals surface area contributed by atoms with Crippen molar-refractivity contribution in [1.29, 1.82) is 0 Å². The van der Waals surface area contributed by atoms with Crippen LogP contribution < -0.4 is 0 Å². The molecular formula is C13H25N. The Balaban J connectivity index is 2.45. The molecule has 1 aliphatic heterocycles. The SMILES string of the molecule is CCCC(C)(C)/C=C/C1CCCN1C. The van der Waals surface area contributed by atoms with Crippen molar-refractivity contribution >= 4 is 0 Å². The number of allylic oxidation sites excluding steroid dienone is 1. The van der Waals surface area contributed by atoms with Gasteiger partial charge in [0, 0.05) is 6.04 Å². The Labute approximate surface area is 89.2 Å². The molecule has 1 saturated heterocycles. The number of hydrogen-bond donors (Lipinski definition) is 0. The molecule has 1 aliphatic rings. The fraction of sp³-hybridized carbons (Fsp3) is 0.846. The molecule has 0 aromatic heterocycles. The summed E-state index contributed by atoms with van der Waals surface area (Å²) in [6, 6.07) is 0.700. The molecule has 0 saturated carbocycles. The lowest BCUT2D eigenvalue weighted by Gasteiger charge is -2.21. The Bertz CT molecular complexity index is 193. The van der Waals surface area contributed by atoms with Gasteiger partial charge >= 0.3 is 0 Å². The second kappa shape index (κ2) is 4.97. The molecule has 0 aliphatic carbocycles. The van der Waals surface area contributed by atoms with E-state index in [1.807, 2.05) is 0 Å². The van der Waals surface area contributed by atoms with Gasteiger partial charge in [0.15, 0.2) is 0 Å². The molecule has 0 aromatic rings. The molecule has 0 N–H and O–H groups in total. The predicted molar refractivity (Wildman–Crippen MR) is 63.5 cm³/mol. The Morgan fingerprint density at radius 2 is 2.14 bits per heavy atom. The zero-order chi connectivity index (χ0) is 10.6. The molecule has 1 rings (SSSR count).